The Bertz CT molecular complexity index is 431. The average Bonchev–Trinajstić information content (AvgIpc) is 3.11. The van der Waals surface area contributed by atoms with Gasteiger partial charge in [0.05, 0.1) is 6.04 Å². The number of urea groups is 2. The van der Waals surface area contributed by atoms with E-state index in [-0.39, 0.29) is 30.1 Å². The van der Waals surface area contributed by atoms with E-state index in [0.29, 0.717) is 32.6 Å². The van der Waals surface area contributed by atoms with Crippen molar-refractivity contribution in [1.29, 1.82) is 0 Å². The third-order valence-electron chi connectivity index (χ3n) is 4.37. The molecule has 0 bridgehead atoms. The molecule has 2 atom stereocenters. The molecule has 3 aliphatic rings. The molecule has 5 amide bonds. The lowest BCUT2D eigenvalue weighted by molar-refractivity contribution is -0.129. The summed E-state index contributed by atoms with van der Waals surface area (Å²) < 4.78 is 0. The lowest BCUT2D eigenvalue weighted by Gasteiger charge is -2.23. The van der Waals surface area contributed by atoms with Crippen molar-refractivity contribution in [1.82, 2.24) is 20.0 Å². The number of likely N-dealkylation sites (tertiary alicyclic amines) is 1. The molecule has 0 aromatic rings. The summed E-state index contributed by atoms with van der Waals surface area (Å²) in [5.74, 6) is -0.0738. The van der Waals surface area contributed by atoms with E-state index < -0.39 is 0 Å². The second kappa shape index (κ2) is 4.96. The van der Waals surface area contributed by atoms with Gasteiger partial charge in [-0.3, -0.25) is 9.69 Å². The van der Waals surface area contributed by atoms with Crippen LogP contribution >= 0.6 is 0 Å². The third-order valence-corrected chi connectivity index (χ3v) is 4.37. The SMILES string of the molecule is CCNC(=O)N1CC[C@H](N2C(=O)[C@@H]3CCCN3C2=O)C1. The summed E-state index contributed by atoms with van der Waals surface area (Å²) >= 11 is 0. The molecule has 0 radical (unpaired) electrons. The van der Waals surface area contributed by atoms with Crippen molar-refractivity contribution in [2.24, 2.45) is 0 Å². The number of hydrogen-bond donors (Lipinski definition) is 1. The van der Waals surface area contributed by atoms with Gasteiger partial charge in [-0.05, 0) is 26.2 Å². The van der Waals surface area contributed by atoms with E-state index in [0.717, 1.165) is 12.8 Å². The number of rotatable bonds is 2. The second-order valence-corrected chi connectivity index (χ2v) is 5.57. The predicted molar refractivity (Wildman–Crippen MR) is 71.0 cm³/mol. The first kappa shape index (κ1) is 13.2. The Balaban J connectivity index is 1.68. The average molecular weight is 280 g/mol. The Kier molecular flexibility index (Phi) is 3.27. The second-order valence-electron chi connectivity index (χ2n) is 5.57. The molecule has 7 heteroatoms. The zero-order chi connectivity index (χ0) is 14.3. The van der Waals surface area contributed by atoms with Crippen molar-refractivity contribution in [3.63, 3.8) is 0 Å². The van der Waals surface area contributed by atoms with E-state index in [1.54, 1.807) is 9.80 Å². The normalized spacial score (nSPS) is 29.4. The molecule has 110 valence electrons. The van der Waals surface area contributed by atoms with Crippen LogP contribution in [0.5, 0.6) is 0 Å². The zero-order valence-corrected chi connectivity index (χ0v) is 11.7. The number of imide groups is 1. The van der Waals surface area contributed by atoms with Crippen LogP contribution in [0.15, 0.2) is 0 Å². The minimum atomic E-state index is -0.249. The highest BCUT2D eigenvalue weighted by molar-refractivity contribution is 6.05. The summed E-state index contributed by atoms with van der Waals surface area (Å²) in [6.45, 7) is 4.17. The summed E-state index contributed by atoms with van der Waals surface area (Å²) in [5.41, 5.74) is 0. The molecule has 0 unspecified atom stereocenters. The van der Waals surface area contributed by atoms with Gasteiger partial charge in [0, 0.05) is 26.2 Å². The molecular formula is C13H20N4O3. The highest BCUT2D eigenvalue weighted by atomic mass is 16.2. The third kappa shape index (κ3) is 1.92. The number of carbonyl (C=O) groups excluding carboxylic acids is 3. The van der Waals surface area contributed by atoms with Gasteiger partial charge >= 0.3 is 12.1 Å². The summed E-state index contributed by atoms with van der Waals surface area (Å²) in [5, 5.41) is 2.75. The van der Waals surface area contributed by atoms with Crippen LogP contribution in [0.4, 0.5) is 9.59 Å². The number of nitrogens with zero attached hydrogens (tertiary/aromatic N) is 3. The Morgan fingerprint density at radius 2 is 2.10 bits per heavy atom. The molecule has 7 nitrogen and oxygen atoms in total. The van der Waals surface area contributed by atoms with Gasteiger partial charge in [0.1, 0.15) is 6.04 Å². The van der Waals surface area contributed by atoms with E-state index in [2.05, 4.69) is 5.32 Å². The first-order valence-corrected chi connectivity index (χ1v) is 7.30. The largest absolute Gasteiger partial charge is 0.338 e. The molecule has 0 spiro atoms. The number of amides is 5. The van der Waals surface area contributed by atoms with Crippen LogP contribution in [0.3, 0.4) is 0 Å². The number of hydrogen-bond acceptors (Lipinski definition) is 3. The molecule has 20 heavy (non-hydrogen) atoms. The number of carbonyl (C=O) groups is 3. The Hall–Kier alpha value is -1.79. The zero-order valence-electron chi connectivity index (χ0n) is 11.7. The molecule has 3 rings (SSSR count). The van der Waals surface area contributed by atoms with Gasteiger partial charge in [-0.2, -0.15) is 0 Å². The first-order chi connectivity index (χ1) is 9.63. The Morgan fingerprint density at radius 1 is 1.30 bits per heavy atom. The molecule has 0 aromatic carbocycles. The lowest BCUT2D eigenvalue weighted by Crippen LogP contribution is -2.45. The molecule has 1 N–H and O–H groups in total. The molecule has 3 heterocycles. The van der Waals surface area contributed by atoms with Gasteiger partial charge in [0.15, 0.2) is 0 Å². The summed E-state index contributed by atoms with van der Waals surface area (Å²) in [6, 6.07) is -0.695. The molecule has 0 saturated carbocycles. The van der Waals surface area contributed by atoms with E-state index in [1.165, 1.54) is 4.90 Å². The van der Waals surface area contributed by atoms with Gasteiger partial charge in [-0.25, -0.2) is 9.59 Å². The first-order valence-electron chi connectivity index (χ1n) is 7.30. The predicted octanol–water partition coefficient (Wildman–Crippen LogP) is 0.217. The fraction of sp³-hybridized carbons (Fsp3) is 0.769. The van der Waals surface area contributed by atoms with E-state index in [1.807, 2.05) is 6.92 Å². The van der Waals surface area contributed by atoms with E-state index in [4.69, 9.17) is 0 Å². The van der Waals surface area contributed by atoms with Crippen LogP contribution in [-0.4, -0.2) is 70.9 Å². The topological polar surface area (TPSA) is 73.0 Å². The molecule has 0 aliphatic carbocycles. The quantitative estimate of drug-likeness (QED) is 0.735. The summed E-state index contributed by atoms with van der Waals surface area (Å²) in [4.78, 5) is 41.2. The Morgan fingerprint density at radius 3 is 2.80 bits per heavy atom. The van der Waals surface area contributed by atoms with Crippen LogP contribution < -0.4 is 5.32 Å². The van der Waals surface area contributed by atoms with Crippen LogP contribution in [0, 0.1) is 0 Å². The van der Waals surface area contributed by atoms with Crippen molar-refractivity contribution >= 4 is 18.0 Å². The van der Waals surface area contributed by atoms with Crippen molar-refractivity contribution < 1.29 is 14.4 Å². The number of nitrogens with one attached hydrogen (secondary N) is 1. The van der Waals surface area contributed by atoms with Gasteiger partial charge in [0.25, 0.3) is 5.91 Å². The van der Waals surface area contributed by atoms with Crippen LogP contribution in [0.1, 0.15) is 26.2 Å². The Labute approximate surface area is 117 Å². The minimum absolute atomic E-state index is 0.0738. The fourth-order valence-electron chi connectivity index (χ4n) is 3.38. The maximum Gasteiger partial charge on any atom is 0.327 e. The van der Waals surface area contributed by atoms with Crippen LogP contribution in [0.2, 0.25) is 0 Å². The maximum absolute atomic E-state index is 12.3. The standard InChI is InChI=1S/C13H20N4O3/c1-2-14-12(19)15-7-5-9(8-15)17-11(18)10-4-3-6-16(10)13(17)20/h9-10H,2-8H2,1H3,(H,14,19)/t9-,10-/m0/s1. The van der Waals surface area contributed by atoms with E-state index >= 15 is 0 Å². The fourth-order valence-corrected chi connectivity index (χ4v) is 3.38. The van der Waals surface area contributed by atoms with E-state index in [9.17, 15) is 14.4 Å². The molecule has 3 aliphatic heterocycles. The molecular weight excluding hydrogens is 260 g/mol. The van der Waals surface area contributed by atoms with Gasteiger partial charge in [-0.15, -0.1) is 0 Å². The highest BCUT2D eigenvalue weighted by Crippen LogP contribution is 2.31. The van der Waals surface area contributed by atoms with Gasteiger partial charge in [-0.1, -0.05) is 0 Å². The summed E-state index contributed by atoms with van der Waals surface area (Å²) in [7, 11) is 0. The minimum Gasteiger partial charge on any atom is -0.338 e. The van der Waals surface area contributed by atoms with Crippen LogP contribution in [0.25, 0.3) is 0 Å². The van der Waals surface area contributed by atoms with Gasteiger partial charge in [0.2, 0.25) is 0 Å². The smallest absolute Gasteiger partial charge is 0.327 e. The monoisotopic (exact) mass is 280 g/mol. The highest BCUT2D eigenvalue weighted by Gasteiger charge is 2.51. The molecule has 3 saturated heterocycles. The number of fused-ring (bicyclic) bond motifs is 1. The lowest BCUT2D eigenvalue weighted by atomic mass is 10.2. The molecule has 3 fully saturated rings. The van der Waals surface area contributed by atoms with Gasteiger partial charge < -0.3 is 15.1 Å². The van der Waals surface area contributed by atoms with Crippen LogP contribution in [-0.2, 0) is 4.79 Å². The van der Waals surface area contributed by atoms with Crippen molar-refractivity contribution in [3.8, 4) is 0 Å². The van der Waals surface area contributed by atoms with Crippen molar-refractivity contribution in [3.05, 3.63) is 0 Å². The van der Waals surface area contributed by atoms with Crippen molar-refractivity contribution in [2.75, 3.05) is 26.2 Å². The van der Waals surface area contributed by atoms with Crippen molar-refractivity contribution in [2.45, 2.75) is 38.3 Å². The molecule has 0 aromatic heterocycles. The maximum atomic E-state index is 12.3. The summed E-state index contributed by atoms with van der Waals surface area (Å²) in [6.07, 6.45) is 2.36.